The van der Waals surface area contributed by atoms with Gasteiger partial charge in [0.25, 0.3) is 15.9 Å². The number of methoxy groups -OCH3 is 1. The maximum absolute atomic E-state index is 12.5. The minimum atomic E-state index is -3.80. The fraction of sp³-hybridized carbons (Fsp3) is 0.188. The van der Waals surface area contributed by atoms with Gasteiger partial charge in [-0.3, -0.25) is 9.52 Å². The second-order valence-electron chi connectivity index (χ2n) is 4.92. The summed E-state index contributed by atoms with van der Waals surface area (Å²) in [4.78, 5) is 11.9. The largest absolute Gasteiger partial charge is 0.496 e. The van der Waals surface area contributed by atoms with E-state index in [1.807, 2.05) is 13.0 Å². The Morgan fingerprint density at radius 3 is 2.48 bits per heavy atom. The Balaban J connectivity index is 2.42. The van der Waals surface area contributed by atoms with Gasteiger partial charge in [-0.2, -0.15) is 0 Å². The molecule has 0 unspecified atom stereocenters. The molecular weight excluding hydrogens is 316 g/mol. The van der Waals surface area contributed by atoms with Gasteiger partial charge in [-0.1, -0.05) is 12.1 Å². The van der Waals surface area contributed by atoms with Crippen LogP contribution in [0.4, 0.5) is 5.69 Å². The van der Waals surface area contributed by atoms with Gasteiger partial charge in [0.2, 0.25) is 0 Å². The second-order valence-corrected chi connectivity index (χ2v) is 6.60. The van der Waals surface area contributed by atoms with Crippen molar-refractivity contribution < 1.29 is 17.9 Å². The zero-order valence-electron chi connectivity index (χ0n) is 13.1. The molecule has 0 aliphatic heterocycles. The third-order valence-corrected chi connectivity index (χ3v) is 4.60. The molecule has 0 spiro atoms. The molecule has 0 aliphatic rings. The zero-order valence-corrected chi connectivity index (χ0v) is 13.9. The van der Waals surface area contributed by atoms with Gasteiger partial charge in [-0.05, 0) is 42.8 Å². The molecule has 0 saturated heterocycles. The number of hydrogen-bond acceptors (Lipinski definition) is 4. The van der Waals surface area contributed by atoms with Crippen LogP contribution in [0.3, 0.4) is 0 Å². The molecule has 7 heteroatoms. The van der Waals surface area contributed by atoms with Crippen LogP contribution in [0.2, 0.25) is 0 Å². The fourth-order valence-electron chi connectivity index (χ4n) is 2.09. The van der Waals surface area contributed by atoms with Crippen LogP contribution in [0.5, 0.6) is 5.75 Å². The highest BCUT2D eigenvalue weighted by Gasteiger charge is 2.19. The minimum absolute atomic E-state index is 0.0154. The maximum Gasteiger partial charge on any atom is 0.261 e. The van der Waals surface area contributed by atoms with Crippen molar-refractivity contribution in [2.45, 2.75) is 11.8 Å². The fourth-order valence-corrected chi connectivity index (χ4v) is 3.16. The quantitative estimate of drug-likeness (QED) is 0.877. The number of amides is 1. The summed E-state index contributed by atoms with van der Waals surface area (Å²) in [6.07, 6.45) is 0. The summed E-state index contributed by atoms with van der Waals surface area (Å²) in [5.41, 5.74) is 1.55. The van der Waals surface area contributed by atoms with E-state index >= 15 is 0 Å². The normalized spacial score (nSPS) is 10.9. The molecule has 0 fully saturated rings. The van der Waals surface area contributed by atoms with Gasteiger partial charge in [0, 0.05) is 12.7 Å². The Labute approximate surface area is 135 Å². The van der Waals surface area contributed by atoms with Gasteiger partial charge in [-0.15, -0.1) is 0 Å². The molecule has 2 N–H and O–H groups in total. The summed E-state index contributed by atoms with van der Waals surface area (Å²) in [6.45, 7) is 1.87. The summed E-state index contributed by atoms with van der Waals surface area (Å²) in [7, 11) is -0.921. The van der Waals surface area contributed by atoms with Crippen LogP contribution in [-0.4, -0.2) is 28.5 Å². The van der Waals surface area contributed by atoms with E-state index in [0.29, 0.717) is 11.4 Å². The minimum Gasteiger partial charge on any atom is -0.496 e. The molecule has 2 rings (SSSR count). The molecule has 2 aromatic carbocycles. The van der Waals surface area contributed by atoms with E-state index in [-0.39, 0.29) is 10.5 Å². The lowest BCUT2D eigenvalue weighted by Crippen LogP contribution is -2.20. The molecule has 0 heterocycles. The molecule has 0 aromatic heterocycles. The average Bonchev–Trinajstić information content (AvgIpc) is 2.53. The van der Waals surface area contributed by atoms with E-state index < -0.39 is 15.9 Å². The highest BCUT2D eigenvalue weighted by atomic mass is 32.2. The average molecular weight is 334 g/mol. The smallest absolute Gasteiger partial charge is 0.261 e. The van der Waals surface area contributed by atoms with Gasteiger partial charge in [0.1, 0.15) is 5.75 Å². The van der Waals surface area contributed by atoms with Crippen molar-refractivity contribution in [3.05, 3.63) is 53.6 Å². The number of sulfonamides is 1. The number of hydrogen-bond donors (Lipinski definition) is 2. The lowest BCUT2D eigenvalue weighted by molar-refractivity contribution is 0.0960. The second kappa shape index (κ2) is 6.70. The molecule has 23 heavy (non-hydrogen) atoms. The SMILES string of the molecule is CNC(=O)c1cc(S(=O)(=O)Nc2cccc(C)c2)ccc1OC. The number of nitrogens with one attached hydrogen (secondary N) is 2. The lowest BCUT2D eigenvalue weighted by atomic mass is 10.2. The summed E-state index contributed by atoms with van der Waals surface area (Å²) >= 11 is 0. The van der Waals surface area contributed by atoms with E-state index in [2.05, 4.69) is 10.0 Å². The Kier molecular flexibility index (Phi) is 4.90. The molecule has 0 aliphatic carbocycles. The highest BCUT2D eigenvalue weighted by molar-refractivity contribution is 7.92. The zero-order chi connectivity index (χ0) is 17.0. The number of anilines is 1. The Hall–Kier alpha value is -2.54. The van der Waals surface area contributed by atoms with Crippen LogP contribution in [-0.2, 0) is 10.0 Å². The van der Waals surface area contributed by atoms with E-state index in [1.165, 1.54) is 32.4 Å². The maximum atomic E-state index is 12.5. The Morgan fingerprint density at radius 1 is 1.13 bits per heavy atom. The first-order chi connectivity index (χ1) is 10.9. The Morgan fingerprint density at radius 2 is 1.87 bits per heavy atom. The van der Waals surface area contributed by atoms with Gasteiger partial charge in [0.05, 0.1) is 17.6 Å². The molecular formula is C16H18N2O4S. The van der Waals surface area contributed by atoms with Crippen molar-refractivity contribution in [3.63, 3.8) is 0 Å². The predicted octanol–water partition coefficient (Wildman–Crippen LogP) is 2.16. The summed E-state index contributed by atoms with van der Waals surface area (Å²) in [6, 6.07) is 11.1. The monoisotopic (exact) mass is 334 g/mol. The van der Waals surface area contributed by atoms with Gasteiger partial charge >= 0.3 is 0 Å². The number of aryl methyl sites for hydroxylation is 1. The molecule has 122 valence electrons. The molecule has 6 nitrogen and oxygen atoms in total. The van der Waals surface area contributed by atoms with Crippen LogP contribution >= 0.6 is 0 Å². The van der Waals surface area contributed by atoms with Crippen LogP contribution < -0.4 is 14.8 Å². The van der Waals surface area contributed by atoms with Crippen molar-refractivity contribution in [1.82, 2.24) is 5.32 Å². The number of ether oxygens (including phenoxy) is 1. The molecule has 1 amide bonds. The van der Waals surface area contributed by atoms with Crippen molar-refractivity contribution in [2.24, 2.45) is 0 Å². The number of carbonyl (C=O) groups excluding carboxylic acids is 1. The van der Waals surface area contributed by atoms with E-state index in [0.717, 1.165) is 5.56 Å². The molecule has 2 aromatic rings. The summed E-state index contributed by atoms with van der Waals surface area (Å²) in [5.74, 6) is -0.117. The van der Waals surface area contributed by atoms with Gasteiger partial charge in [0.15, 0.2) is 0 Å². The first kappa shape index (κ1) is 16.8. The van der Waals surface area contributed by atoms with E-state index in [4.69, 9.17) is 4.74 Å². The van der Waals surface area contributed by atoms with Crippen LogP contribution in [0.1, 0.15) is 15.9 Å². The van der Waals surface area contributed by atoms with Crippen molar-refractivity contribution in [3.8, 4) is 5.75 Å². The summed E-state index contributed by atoms with van der Waals surface area (Å²) < 4.78 is 32.6. The predicted molar refractivity (Wildman–Crippen MR) is 88.4 cm³/mol. The van der Waals surface area contributed by atoms with Crippen molar-refractivity contribution in [1.29, 1.82) is 0 Å². The van der Waals surface area contributed by atoms with Crippen LogP contribution in [0, 0.1) is 6.92 Å². The molecule has 0 radical (unpaired) electrons. The van der Waals surface area contributed by atoms with E-state index in [1.54, 1.807) is 18.2 Å². The third-order valence-electron chi connectivity index (χ3n) is 3.22. The van der Waals surface area contributed by atoms with Gasteiger partial charge in [-0.25, -0.2) is 8.42 Å². The van der Waals surface area contributed by atoms with Crippen molar-refractivity contribution >= 4 is 21.6 Å². The third kappa shape index (κ3) is 3.81. The van der Waals surface area contributed by atoms with Crippen LogP contribution in [0.15, 0.2) is 47.4 Å². The number of carbonyl (C=O) groups is 1. The lowest BCUT2D eigenvalue weighted by Gasteiger charge is -2.12. The van der Waals surface area contributed by atoms with Crippen LogP contribution in [0.25, 0.3) is 0 Å². The Bertz CT molecular complexity index is 832. The highest BCUT2D eigenvalue weighted by Crippen LogP contribution is 2.24. The first-order valence-corrected chi connectivity index (χ1v) is 8.35. The number of rotatable bonds is 5. The topological polar surface area (TPSA) is 84.5 Å². The molecule has 0 saturated carbocycles. The molecule has 0 bridgehead atoms. The van der Waals surface area contributed by atoms with Crippen molar-refractivity contribution in [2.75, 3.05) is 18.9 Å². The summed E-state index contributed by atoms with van der Waals surface area (Å²) in [5, 5.41) is 2.46. The van der Waals surface area contributed by atoms with E-state index in [9.17, 15) is 13.2 Å². The first-order valence-electron chi connectivity index (χ1n) is 6.87. The number of benzene rings is 2. The standard InChI is InChI=1S/C16H18N2O4S/c1-11-5-4-6-12(9-11)18-23(20,21)13-7-8-15(22-3)14(10-13)16(19)17-2/h4-10,18H,1-3H3,(H,17,19). The van der Waals surface area contributed by atoms with Gasteiger partial charge < -0.3 is 10.1 Å². The molecule has 0 atom stereocenters.